The van der Waals surface area contributed by atoms with Gasteiger partial charge in [-0.2, -0.15) is 0 Å². The first-order chi connectivity index (χ1) is 12.1. The van der Waals surface area contributed by atoms with Crippen LogP contribution in [-0.4, -0.2) is 44.5 Å². The third-order valence-electron chi connectivity index (χ3n) is 4.88. The van der Waals surface area contributed by atoms with Gasteiger partial charge in [-0.1, -0.05) is 6.08 Å². The van der Waals surface area contributed by atoms with Crippen molar-refractivity contribution in [2.24, 2.45) is 0 Å². The fourth-order valence-electron chi connectivity index (χ4n) is 2.64. The molecule has 2 rings (SSSR count). The smallest absolute Gasteiger partial charge is 0.462 e. The number of esters is 1. The number of nitrogens with two attached hydrogens (primary N) is 1. The van der Waals surface area contributed by atoms with E-state index >= 15 is 0 Å². The van der Waals surface area contributed by atoms with E-state index in [0.717, 1.165) is 11.0 Å². The molecule has 0 aliphatic carbocycles. The molecule has 0 amide bonds. The number of nitrogens with one attached hydrogen (secondary N) is 1. The highest BCUT2D eigenvalue weighted by Crippen LogP contribution is 2.38. The lowest BCUT2D eigenvalue weighted by atomic mass is 9.76. The van der Waals surface area contributed by atoms with Gasteiger partial charge in [-0.05, 0) is 70.9 Å². The first-order valence-corrected chi connectivity index (χ1v) is 8.88. The Bertz CT molecular complexity index is 685. The summed E-state index contributed by atoms with van der Waals surface area (Å²) in [6.07, 6.45) is 1.91. The molecule has 1 aromatic carbocycles. The average molecular weight is 360 g/mol. The number of hydrogen-bond acceptors (Lipinski definition) is 6. The molecule has 7 heteroatoms. The van der Waals surface area contributed by atoms with Crippen molar-refractivity contribution >= 4 is 24.9 Å². The predicted molar refractivity (Wildman–Crippen MR) is 105 cm³/mol. The van der Waals surface area contributed by atoms with E-state index in [1.54, 1.807) is 25.1 Å². The molecule has 1 saturated heterocycles. The Labute approximate surface area is 156 Å². The molecule has 0 aromatic heterocycles. The van der Waals surface area contributed by atoms with Crippen LogP contribution in [0.5, 0.6) is 0 Å². The lowest BCUT2D eigenvalue weighted by Crippen LogP contribution is -2.41. The summed E-state index contributed by atoms with van der Waals surface area (Å²) in [6, 6.07) is 5.10. The molecule has 1 aliphatic rings. The number of benzene rings is 1. The second-order valence-corrected chi connectivity index (χ2v) is 7.40. The Morgan fingerprint density at radius 3 is 2.42 bits per heavy atom. The van der Waals surface area contributed by atoms with Crippen LogP contribution in [0.3, 0.4) is 0 Å². The molecule has 1 aromatic rings. The van der Waals surface area contributed by atoms with Gasteiger partial charge in [-0.25, -0.2) is 4.79 Å². The summed E-state index contributed by atoms with van der Waals surface area (Å²) in [6.45, 7) is 10.7. The first-order valence-electron chi connectivity index (χ1n) is 8.88. The van der Waals surface area contributed by atoms with Crippen molar-refractivity contribution in [2.45, 2.75) is 45.8 Å². The number of hydrogen-bond donors (Lipinski definition) is 2. The maximum atomic E-state index is 12.0. The standard InChI is InChI=1S/C19H29BN2O4/c1-7-24-17(23)13-8-9-16(21)14(10-13)11-15(12-22-6)20-25-18(2,3)19(4,5)26-20/h8-11,22H,7,12,21H2,1-6H3. The normalized spacial score (nSPS) is 18.8. The van der Waals surface area contributed by atoms with Gasteiger partial charge in [0.2, 0.25) is 0 Å². The SMILES string of the molecule is CCOC(=O)c1ccc(N)c(C=C(CNC)B2OC(C)(C)C(C)(C)O2)c1. The number of rotatable bonds is 6. The van der Waals surface area contributed by atoms with Gasteiger partial charge < -0.3 is 25.1 Å². The third-order valence-corrected chi connectivity index (χ3v) is 4.88. The van der Waals surface area contributed by atoms with Crippen LogP contribution in [-0.2, 0) is 14.0 Å². The molecule has 0 saturated carbocycles. The van der Waals surface area contributed by atoms with E-state index in [0.29, 0.717) is 24.4 Å². The zero-order valence-electron chi connectivity index (χ0n) is 16.5. The van der Waals surface area contributed by atoms with E-state index in [1.165, 1.54) is 0 Å². The highest BCUT2D eigenvalue weighted by Gasteiger charge is 2.52. The first kappa shape index (κ1) is 20.5. The van der Waals surface area contributed by atoms with Crippen LogP contribution in [0.4, 0.5) is 5.69 Å². The number of anilines is 1. The molecule has 0 unspecified atom stereocenters. The Balaban J connectivity index is 2.37. The maximum Gasteiger partial charge on any atom is 0.491 e. The monoisotopic (exact) mass is 360 g/mol. The molecule has 1 heterocycles. The highest BCUT2D eigenvalue weighted by molar-refractivity contribution is 6.56. The molecule has 1 aliphatic heterocycles. The van der Waals surface area contributed by atoms with Crippen molar-refractivity contribution in [2.75, 3.05) is 25.9 Å². The van der Waals surface area contributed by atoms with Gasteiger partial charge >= 0.3 is 13.1 Å². The zero-order valence-corrected chi connectivity index (χ0v) is 16.5. The van der Waals surface area contributed by atoms with E-state index in [9.17, 15) is 4.79 Å². The number of carbonyl (C=O) groups is 1. The van der Waals surface area contributed by atoms with Gasteiger partial charge in [0.25, 0.3) is 0 Å². The molecule has 0 bridgehead atoms. The Morgan fingerprint density at radius 1 is 1.27 bits per heavy atom. The van der Waals surface area contributed by atoms with Crippen molar-refractivity contribution in [1.29, 1.82) is 0 Å². The Hall–Kier alpha value is -1.83. The lowest BCUT2D eigenvalue weighted by molar-refractivity contribution is 0.00578. The number of likely N-dealkylation sites (N-methyl/N-ethyl adjacent to an activating group) is 1. The summed E-state index contributed by atoms with van der Waals surface area (Å²) in [5.41, 5.74) is 7.93. The number of ether oxygens (including phenoxy) is 1. The van der Waals surface area contributed by atoms with Crippen LogP contribution in [0.25, 0.3) is 6.08 Å². The van der Waals surface area contributed by atoms with E-state index < -0.39 is 18.3 Å². The Kier molecular flexibility index (Phi) is 6.16. The maximum absolute atomic E-state index is 12.0. The van der Waals surface area contributed by atoms with Gasteiger partial charge in [0.15, 0.2) is 0 Å². The number of nitrogen functional groups attached to an aromatic ring is 1. The minimum atomic E-state index is -0.488. The topological polar surface area (TPSA) is 82.8 Å². The van der Waals surface area contributed by atoms with E-state index in [2.05, 4.69) is 5.32 Å². The van der Waals surface area contributed by atoms with E-state index in [4.69, 9.17) is 19.8 Å². The van der Waals surface area contributed by atoms with Crippen LogP contribution in [0.2, 0.25) is 0 Å². The average Bonchev–Trinajstić information content (AvgIpc) is 2.77. The lowest BCUT2D eigenvalue weighted by Gasteiger charge is -2.32. The van der Waals surface area contributed by atoms with Crippen molar-refractivity contribution in [3.63, 3.8) is 0 Å². The number of carbonyl (C=O) groups excluding carboxylic acids is 1. The Morgan fingerprint density at radius 2 is 1.88 bits per heavy atom. The quantitative estimate of drug-likeness (QED) is 0.461. The fraction of sp³-hybridized carbons (Fsp3) is 0.526. The summed E-state index contributed by atoms with van der Waals surface area (Å²) in [5.74, 6) is -0.368. The molecule has 0 atom stereocenters. The van der Waals surface area contributed by atoms with Crippen LogP contribution in [0, 0.1) is 0 Å². The van der Waals surface area contributed by atoms with E-state index in [-0.39, 0.29) is 5.97 Å². The minimum Gasteiger partial charge on any atom is -0.462 e. The molecule has 26 heavy (non-hydrogen) atoms. The molecular weight excluding hydrogens is 331 g/mol. The zero-order chi connectivity index (χ0) is 19.5. The second kappa shape index (κ2) is 7.82. The molecule has 6 nitrogen and oxygen atoms in total. The fourth-order valence-corrected chi connectivity index (χ4v) is 2.64. The second-order valence-electron chi connectivity index (χ2n) is 7.40. The predicted octanol–water partition coefficient (Wildman–Crippen LogP) is 2.68. The minimum absolute atomic E-state index is 0.327. The van der Waals surface area contributed by atoms with Gasteiger partial charge in [-0.15, -0.1) is 0 Å². The van der Waals surface area contributed by atoms with Crippen LogP contribution >= 0.6 is 0 Å². The van der Waals surface area contributed by atoms with Gasteiger partial charge in [0, 0.05) is 12.2 Å². The molecule has 0 spiro atoms. The van der Waals surface area contributed by atoms with Crippen molar-refractivity contribution in [3.05, 3.63) is 34.8 Å². The van der Waals surface area contributed by atoms with Gasteiger partial charge in [-0.3, -0.25) is 0 Å². The molecule has 1 fully saturated rings. The van der Waals surface area contributed by atoms with Crippen molar-refractivity contribution in [3.8, 4) is 0 Å². The summed E-state index contributed by atoms with van der Waals surface area (Å²) in [7, 11) is 1.37. The summed E-state index contributed by atoms with van der Waals surface area (Å²) >= 11 is 0. The largest absolute Gasteiger partial charge is 0.491 e. The molecule has 142 valence electrons. The summed E-state index contributed by atoms with van der Waals surface area (Å²) < 4.78 is 17.4. The van der Waals surface area contributed by atoms with Crippen LogP contribution in [0.15, 0.2) is 23.7 Å². The van der Waals surface area contributed by atoms with Gasteiger partial charge in [0.1, 0.15) is 0 Å². The molecular formula is C19H29BN2O4. The van der Waals surface area contributed by atoms with E-state index in [1.807, 2.05) is 40.8 Å². The summed E-state index contributed by atoms with van der Waals surface area (Å²) in [5, 5.41) is 3.14. The summed E-state index contributed by atoms with van der Waals surface area (Å²) in [4.78, 5) is 12.0. The van der Waals surface area contributed by atoms with Gasteiger partial charge in [0.05, 0.1) is 23.4 Å². The molecule has 3 N–H and O–H groups in total. The van der Waals surface area contributed by atoms with Crippen molar-refractivity contribution < 1.29 is 18.8 Å². The van der Waals surface area contributed by atoms with Crippen LogP contribution in [0.1, 0.15) is 50.5 Å². The third kappa shape index (κ3) is 4.28. The van der Waals surface area contributed by atoms with Crippen LogP contribution < -0.4 is 11.1 Å². The van der Waals surface area contributed by atoms with Crippen molar-refractivity contribution in [1.82, 2.24) is 5.32 Å². The molecule has 0 radical (unpaired) electrons. The highest BCUT2D eigenvalue weighted by atomic mass is 16.7.